The van der Waals surface area contributed by atoms with E-state index in [1.165, 1.54) is 18.4 Å². The summed E-state index contributed by atoms with van der Waals surface area (Å²) in [5, 5.41) is 3.57. The van der Waals surface area contributed by atoms with E-state index in [-0.39, 0.29) is 17.9 Å². The molecule has 1 aromatic rings. The summed E-state index contributed by atoms with van der Waals surface area (Å²) in [5.74, 6) is -0.0542. The van der Waals surface area contributed by atoms with Crippen molar-refractivity contribution >= 4 is 23.2 Å². The third-order valence-electron chi connectivity index (χ3n) is 6.05. The fourth-order valence-electron chi connectivity index (χ4n) is 4.60. The molecule has 0 spiro atoms. The lowest BCUT2D eigenvalue weighted by atomic mass is 9.95. The number of hydrogen-bond donors (Lipinski definition) is 1. The first-order valence-electron chi connectivity index (χ1n) is 10.3. The Morgan fingerprint density at radius 2 is 2.07 bits per heavy atom. The van der Waals surface area contributed by atoms with E-state index in [0.717, 1.165) is 37.2 Å². The molecule has 6 heteroatoms. The maximum atomic E-state index is 13.2. The maximum absolute atomic E-state index is 13.2. The third-order valence-corrected chi connectivity index (χ3v) is 6.05. The van der Waals surface area contributed by atoms with Crippen LogP contribution in [0.25, 0.3) is 0 Å². The van der Waals surface area contributed by atoms with E-state index < -0.39 is 6.10 Å². The molecule has 6 nitrogen and oxygen atoms in total. The highest BCUT2D eigenvalue weighted by molar-refractivity contribution is 6.05. The molecular formula is C22H29N3O3. The largest absolute Gasteiger partial charge is 0.368 e. The molecule has 3 atom stereocenters. The quantitative estimate of drug-likeness (QED) is 0.816. The molecule has 0 aromatic heterocycles. The molecule has 150 valence electrons. The van der Waals surface area contributed by atoms with Crippen molar-refractivity contribution < 1.29 is 14.3 Å². The summed E-state index contributed by atoms with van der Waals surface area (Å²) in [6.45, 7) is 7.52. The van der Waals surface area contributed by atoms with E-state index >= 15 is 0 Å². The maximum Gasteiger partial charge on any atom is 0.256 e. The zero-order valence-corrected chi connectivity index (χ0v) is 16.5. The molecule has 0 aliphatic carbocycles. The van der Waals surface area contributed by atoms with Crippen LogP contribution >= 0.6 is 0 Å². The molecule has 3 aliphatic heterocycles. The topological polar surface area (TPSA) is 61.9 Å². The Hall–Kier alpha value is -2.18. The number of carbonyl (C=O) groups excluding carboxylic acids is 2. The van der Waals surface area contributed by atoms with Crippen LogP contribution in [0, 0.1) is 0 Å². The minimum Gasteiger partial charge on any atom is -0.368 e. The number of amides is 2. The van der Waals surface area contributed by atoms with Crippen LogP contribution < -0.4 is 15.1 Å². The van der Waals surface area contributed by atoms with Gasteiger partial charge < -0.3 is 19.9 Å². The number of nitrogens with zero attached hydrogens (tertiary/aromatic N) is 2. The standard InChI is InChI=1S/C22H29N3O3/c1-3-17-14-24(22(27)21-8-6-12-28-21)20-13-16(18-7-4-5-11-23-18)9-10-19(20)25(17)15(2)26/h3,9-10,13,17-18,21,23H,1,4-8,11-12,14H2,2H3/t17-,18?,21?/m0/s1. The van der Waals surface area contributed by atoms with Gasteiger partial charge in [-0.15, -0.1) is 6.58 Å². The molecule has 0 radical (unpaired) electrons. The van der Waals surface area contributed by atoms with Gasteiger partial charge >= 0.3 is 0 Å². The Bertz CT molecular complexity index is 766. The van der Waals surface area contributed by atoms with Gasteiger partial charge in [-0.25, -0.2) is 0 Å². The second-order valence-electron chi connectivity index (χ2n) is 7.89. The molecule has 2 unspecified atom stereocenters. The molecule has 4 rings (SSSR count). The minimum absolute atomic E-state index is 0.0115. The zero-order chi connectivity index (χ0) is 19.7. The van der Waals surface area contributed by atoms with Crippen molar-refractivity contribution in [1.29, 1.82) is 0 Å². The molecule has 1 aromatic carbocycles. The molecule has 28 heavy (non-hydrogen) atoms. The summed E-state index contributed by atoms with van der Waals surface area (Å²) >= 11 is 0. The fraction of sp³-hybridized carbons (Fsp3) is 0.545. The van der Waals surface area contributed by atoms with Crippen LogP contribution in [0.4, 0.5) is 11.4 Å². The molecule has 2 fully saturated rings. The SMILES string of the molecule is C=C[C@H]1CN(C(=O)C2CCCO2)c2cc(C3CCCCN3)ccc2N1C(C)=O. The predicted molar refractivity (Wildman–Crippen MR) is 110 cm³/mol. The van der Waals surface area contributed by atoms with Gasteiger partial charge in [0.2, 0.25) is 5.91 Å². The van der Waals surface area contributed by atoms with Crippen molar-refractivity contribution in [3.63, 3.8) is 0 Å². The Morgan fingerprint density at radius 1 is 1.21 bits per heavy atom. The highest BCUT2D eigenvalue weighted by Gasteiger charge is 2.38. The Kier molecular flexibility index (Phi) is 5.51. The summed E-state index contributed by atoms with van der Waals surface area (Å²) in [6.07, 6.45) is 6.51. The number of hydrogen-bond acceptors (Lipinski definition) is 4. The average Bonchev–Trinajstić information content (AvgIpc) is 3.27. The monoisotopic (exact) mass is 383 g/mol. The fourth-order valence-corrected chi connectivity index (χ4v) is 4.60. The van der Waals surface area contributed by atoms with E-state index in [4.69, 9.17) is 4.74 Å². The summed E-state index contributed by atoms with van der Waals surface area (Å²) in [6, 6.07) is 6.20. The summed E-state index contributed by atoms with van der Waals surface area (Å²) in [5.41, 5.74) is 2.75. The summed E-state index contributed by atoms with van der Waals surface area (Å²) < 4.78 is 5.66. The normalized spacial score (nSPS) is 27.4. The van der Waals surface area contributed by atoms with E-state index in [0.29, 0.717) is 19.2 Å². The molecular weight excluding hydrogens is 354 g/mol. The first-order chi connectivity index (χ1) is 13.6. The third kappa shape index (κ3) is 3.47. The van der Waals surface area contributed by atoms with Gasteiger partial charge in [0.25, 0.3) is 5.91 Å². The smallest absolute Gasteiger partial charge is 0.256 e. The van der Waals surface area contributed by atoms with E-state index in [2.05, 4.69) is 24.0 Å². The molecule has 3 heterocycles. The Morgan fingerprint density at radius 3 is 2.71 bits per heavy atom. The van der Waals surface area contributed by atoms with Crippen molar-refractivity contribution in [3.8, 4) is 0 Å². The van der Waals surface area contributed by atoms with Gasteiger partial charge in [0, 0.05) is 19.6 Å². The first kappa shape index (κ1) is 19.2. The number of benzene rings is 1. The van der Waals surface area contributed by atoms with Gasteiger partial charge in [-0.2, -0.15) is 0 Å². The summed E-state index contributed by atoms with van der Waals surface area (Å²) in [7, 11) is 0. The van der Waals surface area contributed by atoms with Crippen LogP contribution in [0.5, 0.6) is 0 Å². The van der Waals surface area contributed by atoms with Crippen LogP contribution in [0.3, 0.4) is 0 Å². The van der Waals surface area contributed by atoms with E-state index in [1.54, 1.807) is 17.9 Å². The lowest BCUT2D eigenvalue weighted by molar-refractivity contribution is -0.127. The first-order valence-corrected chi connectivity index (χ1v) is 10.3. The molecule has 2 saturated heterocycles. The Labute approximate surface area is 166 Å². The number of carbonyl (C=O) groups is 2. The van der Waals surface area contributed by atoms with E-state index in [1.807, 2.05) is 11.0 Å². The van der Waals surface area contributed by atoms with Crippen LogP contribution in [0.2, 0.25) is 0 Å². The molecule has 3 aliphatic rings. The average molecular weight is 383 g/mol. The van der Waals surface area contributed by atoms with Crippen LogP contribution in [0.15, 0.2) is 30.9 Å². The minimum atomic E-state index is -0.390. The molecule has 2 amide bonds. The van der Waals surface area contributed by atoms with Crippen molar-refractivity contribution in [2.24, 2.45) is 0 Å². The van der Waals surface area contributed by atoms with Crippen molar-refractivity contribution in [2.75, 3.05) is 29.5 Å². The van der Waals surface area contributed by atoms with Gasteiger partial charge in [0.15, 0.2) is 0 Å². The highest BCUT2D eigenvalue weighted by atomic mass is 16.5. The van der Waals surface area contributed by atoms with Crippen LogP contribution in [0.1, 0.15) is 50.6 Å². The number of anilines is 2. The number of rotatable bonds is 3. The van der Waals surface area contributed by atoms with Gasteiger partial charge in [0.05, 0.1) is 24.0 Å². The molecule has 0 saturated carbocycles. The van der Waals surface area contributed by atoms with Crippen molar-refractivity contribution in [2.45, 2.75) is 57.2 Å². The van der Waals surface area contributed by atoms with Crippen LogP contribution in [-0.2, 0) is 14.3 Å². The van der Waals surface area contributed by atoms with Gasteiger partial charge in [-0.1, -0.05) is 18.6 Å². The van der Waals surface area contributed by atoms with Crippen LogP contribution in [-0.4, -0.2) is 43.7 Å². The lowest BCUT2D eigenvalue weighted by Gasteiger charge is -2.42. The second kappa shape index (κ2) is 8.05. The second-order valence-corrected chi connectivity index (χ2v) is 7.89. The number of fused-ring (bicyclic) bond motifs is 1. The number of piperidine rings is 1. The lowest BCUT2D eigenvalue weighted by Crippen LogP contribution is -2.53. The van der Waals surface area contributed by atoms with Gasteiger partial charge in [-0.05, 0) is 49.9 Å². The Balaban J connectivity index is 1.75. The zero-order valence-electron chi connectivity index (χ0n) is 16.5. The van der Waals surface area contributed by atoms with Crippen molar-refractivity contribution in [3.05, 3.63) is 36.4 Å². The van der Waals surface area contributed by atoms with Gasteiger partial charge in [-0.3, -0.25) is 9.59 Å². The number of ether oxygens (including phenoxy) is 1. The number of nitrogens with one attached hydrogen (secondary N) is 1. The van der Waals surface area contributed by atoms with E-state index in [9.17, 15) is 9.59 Å². The predicted octanol–water partition coefficient (Wildman–Crippen LogP) is 2.93. The summed E-state index contributed by atoms with van der Waals surface area (Å²) in [4.78, 5) is 29.2. The highest BCUT2D eigenvalue weighted by Crippen LogP contribution is 2.39. The molecule has 1 N–H and O–H groups in total. The van der Waals surface area contributed by atoms with Crippen molar-refractivity contribution in [1.82, 2.24) is 5.32 Å². The van der Waals surface area contributed by atoms with Gasteiger partial charge in [0.1, 0.15) is 6.10 Å². The molecule has 0 bridgehead atoms.